The first-order valence-corrected chi connectivity index (χ1v) is 6.97. The van der Waals surface area contributed by atoms with E-state index in [-0.39, 0.29) is 17.9 Å². The van der Waals surface area contributed by atoms with Gasteiger partial charge in [-0.25, -0.2) is 0 Å². The van der Waals surface area contributed by atoms with Gasteiger partial charge in [-0.05, 0) is 18.2 Å². The summed E-state index contributed by atoms with van der Waals surface area (Å²) in [6, 6.07) is 10.9. The summed E-state index contributed by atoms with van der Waals surface area (Å²) in [5.41, 5.74) is 1.05. The number of amides is 1. The largest absolute Gasteiger partial charge is 0.410 e. The van der Waals surface area contributed by atoms with Crippen LogP contribution in [-0.4, -0.2) is 21.7 Å². The molecule has 1 N–H and O–H groups in total. The van der Waals surface area contributed by atoms with Crippen LogP contribution in [0.4, 0.5) is 11.4 Å². The Kier molecular flexibility index (Phi) is 3.71. The molecule has 8 heteroatoms. The van der Waals surface area contributed by atoms with E-state index in [9.17, 15) is 14.9 Å². The van der Waals surface area contributed by atoms with Gasteiger partial charge in [-0.1, -0.05) is 35.0 Å². The number of nitro groups is 1. The fourth-order valence-corrected chi connectivity index (χ4v) is 2.70. The van der Waals surface area contributed by atoms with E-state index >= 15 is 0 Å². The molecule has 0 bridgehead atoms. The maximum absolute atomic E-state index is 12.4. The molecule has 2 aromatic carbocycles. The van der Waals surface area contributed by atoms with Gasteiger partial charge in [0.1, 0.15) is 0 Å². The van der Waals surface area contributed by atoms with Gasteiger partial charge < -0.3 is 10.1 Å². The van der Waals surface area contributed by atoms with Gasteiger partial charge in [0.15, 0.2) is 5.71 Å². The van der Waals surface area contributed by atoms with Crippen LogP contribution in [0.25, 0.3) is 0 Å². The Labute approximate surface area is 135 Å². The molecule has 1 aliphatic heterocycles. The van der Waals surface area contributed by atoms with Crippen LogP contribution >= 0.6 is 11.6 Å². The van der Waals surface area contributed by atoms with Gasteiger partial charge in [0.2, 0.25) is 0 Å². The molecule has 1 heterocycles. The average Bonchev–Trinajstić information content (AvgIpc) is 2.78. The summed E-state index contributed by atoms with van der Waals surface area (Å²) in [6.07, 6.45) is 0. The molecule has 1 amide bonds. The van der Waals surface area contributed by atoms with E-state index in [1.165, 1.54) is 17.0 Å². The van der Waals surface area contributed by atoms with Crippen molar-refractivity contribution in [1.29, 1.82) is 0 Å². The van der Waals surface area contributed by atoms with Gasteiger partial charge in [0, 0.05) is 22.2 Å². The molecule has 23 heavy (non-hydrogen) atoms. The third kappa shape index (κ3) is 2.51. The van der Waals surface area contributed by atoms with Gasteiger partial charge in [-0.3, -0.25) is 14.9 Å². The normalized spacial score (nSPS) is 15.1. The molecule has 7 nitrogen and oxygen atoms in total. The van der Waals surface area contributed by atoms with E-state index in [2.05, 4.69) is 5.16 Å². The van der Waals surface area contributed by atoms with Crippen molar-refractivity contribution in [1.82, 2.24) is 0 Å². The first kappa shape index (κ1) is 15.0. The zero-order valence-electron chi connectivity index (χ0n) is 11.6. The molecule has 0 saturated carbocycles. The number of hydrogen-bond acceptors (Lipinski definition) is 5. The first-order valence-electron chi connectivity index (χ1n) is 6.59. The number of nitrogens with zero attached hydrogens (tertiary/aromatic N) is 3. The number of anilines is 1. The van der Waals surface area contributed by atoms with Crippen molar-refractivity contribution in [3.05, 3.63) is 68.7 Å². The first-order chi connectivity index (χ1) is 11.0. The molecule has 0 unspecified atom stereocenters. The SMILES string of the molecule is O=C1/C(=N\O)c2cc(Cl)ccc2N1Cc1ccccc1[N+](=O)[O-]. The average molecular weight is 332 g/mol. The highest BCUT2D eigenvalue weighted by atomic mass is 35.5. The quantitative estimate of drug-likeness (QED) is 0.531. The van der Waals surface area contributed by atoms with Gasteiger partial charge in [-0.15, -0.1) is 0 Å². The van der Waals surface area contributed by atoms with Crippen molar-refractivity contribution in [2.75, 3.05) is 4.90 Å². The fraction of sp³-hybridized carbons (Fsp3) is 0.0667. The third-order valence-corrected chi connectivity index (χ3v) is 3.80. The summed E-state index contributed by atoms with van der Waals surface area (Å²) in [7, 11) is 0. The third-order valence-electron chi connectivity index (χ3n) is 3.57. The van der Waals surface area contributed by atoms with Gasteiger partial charge in [0.05, 0.1) is 17.2 Å². The summed E-state index contributed by atoms with van der Waals surface area (Å²) in [5.74, 6) is -0.539. The number of rotatable bonds is 3. The molecule has 2 aromatic rings. The Morgan fingerprint density at radius 2 is 2.00 bits per heavy atom. The molecule has 0 atom stereocenters. The Balaban J connectivity index is 2.06. The predicted molar refractivity (Wildman–Crippen MR) is 84.1 cm³/mol. The van der Waals surface area contributed by atoms with Crippen molar-refractivity contribution >= 4 is 34.6 Å². The lowest BCUT2D eigenvalue weighted by Crippen LogP contribution is -2.29. The maximum Gasteiger partial charge on any atom is 0.281 e. The number of fused-ring (bicyclic) bond motifs is 1. The van der Waals surface area contributed by atoms with Crippen molar-refractivity contribution in [2.24, 2.45) is 5.16 Å². The van der Waals surface area contributed by atoms with E-state index in [1.807, 2.05) is 0 Å². The second kappa shape index (κ2) is 5.69. The predicted octanol–water partition coefficient (Wildman–Crippen LogP) is 2.97. The number of nitro benzene ring substituents is 1. The Bertz CT molecular complexity index is 850. The van der Waals surface area contributed by atoms with Crippen LogP contribution in [0.5, 0.6) is 0 Å². The molecule has 0 aliphatic carbocycles. The minimum atomic E-state index is -0.539. The number of para-hydroxylation sites is 1. The zero-order chi connectivity index (χ0) is 16.6. The molecule has 0 aromatic heterocycles. The Morgan fingerprint density at radius 1 is 1.26 bits per heavy atom. The molecule has 0 spiro atoms. The maximum atomic E-state index is 12.4. The second-order valence-corrected chi connectivity index (χ2v) is 5.32. The van der Waals surface area contributed by atoms with Crippen molar-refractivity contribution in [3.63, 3.8) is 0 Å². The Hall–Kier alpha value is -2.93. The van der Waals surface area contributed by atoms with Gasteiger partial charge in [0.25, 0.3) is 11.6 Å². The fourth-order valence-electron chi connectivity index (χ4n) is 2.53. The van der Waals surface area contributed by atoms with Crippen molar-refractivity contribution < 1.29 is 14.9 Å². The molecular formula is C15H10ClN3O4. The monoisotopic (exact) mass is 331 g/mol. The lowest BCUT2D eigenvalue weighted by Gasteiger charge is -2.16. The van der Waals surface area contributed by atoms with E-state index < -0.39 is 10.8 Å². The molecule has 1 aliphatic rings. The molecule has 0 radical (unpaired) electrons. The molecule has 3 rings (SSSR count). The highest BCUT2D eigenvalue weighted by Crippen LogP contribution is 2.34. The summed E-state index contributed by atoms with van der Waals surface area (Å²) in [5, 5.41) is 23.6. The molecule has 0 fully saturated rings. The summed E-state index contributed by atoms with van der Waals surface area (Å²) in [6.45, 7) is -0.0103. The number of hydrogen-bond donors (Lipinski definition) is 1. The zero-order valence-corrected chi connectivity index (χ0v) is 12.4. The van der Waals surface area contributed by atoms with Crippen LogP contribution in [0.2, 0.25) is 5.02 Å². The van der Waals surface area contributed by atoms with Crippen LogP contribution < -0.4 is 4.90 Å². The standard InChI is InChI=1S/C15H10ClN3O4/c16-10-5-6-13-11(7-10)14(17-21)15(20)18(13)8-9-3-1-2-4-12(9)19(22)23/h1-7,21H,8H2/b17-14-. The number of benzene rings is 2. The summed E-state index contributed by atoms with van der Waals surface area (Å²) in [4.78, 5) is 24.3. The second-order valence-electron chi connectivity index (χ2n) is 4.89. The summed E-state index contributed by atoms with van der Waals surface area (Å²) < 4.78 is 0. The van der Waals surface area contributed by atoms with Gasteiger partial charge >= 0.3 is 0 Å². The summed E-state index contributed by atoms with van der Waals surface area (Å²) >= 11 is 5.91. The van der Waals surface area contributed by atoms with Crippen LogP contribution in [0.15, 0.2) is 47.6 Å². The highest BCUT2D eigenvalue weighted by molar-refractivity contribution is 6.54. The van der Waals surface area contributed by atoms with E-state index in [0.717, 1.165) is 0 Å². The van der Waals surface area contributed by atoms with E-state index in [4.69, 9.17) is 16.8 Å². The molecular weight excluding hydrogens is 322 g/mol. The highest BCUT2D eigenvalue weighted by Gasteiger charge is 2.35. The lowest BCUT2D eigenvalue weighted by atomic mass is 10.1. The van der Waals surface area contributed by atoms with Crippen LogP contribution in [0.3, 0.4) is 0 Å². The lowest BCUT2D eigenvalue weighted by molar-refractivity contribution is -0.385. The molecule has 116 valence electrons. The minimum Gasteiger partial charge on any atom is -0.410 e. The van der Waals surface area contributed by atoms with Crippen molar-refractivity contribution in [2.45, 2.75) is 6.54 Å². The minimum absolute atomic E-state index is 0.0103. The number of halogens is 1. The topological polar surface area (TPSA) is 96.0 Å². The Morgan fingerprint density at radius 3 is 2.70 bits per heavy atom. The number of carbonyl (C=O) groups excluding carboxylic acids is 1. The van der Waals surface area contributed by atoms with E-state index in [1.54, 1.807) is 30.3 Å². The van der Waals surface area contributed by atoms with E-state index in [0.29, 0.717) is 21.8 Å². The smallest absolute Gasteiger partial charge is 0.281 e. The number of oxime groups is 1. The molecule has 0 saturated heterocycles. The van der Waals surface area contributed by atoms with Crippen LogP contribution in [0.1, 0.15) is 11.1 Å². The van der Waals surface area contributed by atoms with Crippen LogP contribution in [0, 0.1) is 10.1 Å². The number of carbonyl (C=O) groups is 1. The van der Waals surface area contributed by atoms with Crippen molar-refractivity contribution in [3.8, 4) is 0 Å². The van der Waals surface area contributed by atoms with Gasteiger partial charge in [-0.2, -0.15) is 0 Å². The van der Waals surface area contributed by atoms with Crippen LogP contribution in [-0.2, 0) is 11.3 Å².